The van der Waals surface area contributed by atoms with E-state index in [9.17, 15) is 0 Å². The maximum Gasteiger partial charge on any atom is 0.119 e. The zero-order valence-corrected chi connectivity index (χ0v) is 9.76. The van der Waals surface area contributed by atoms with Crippen molar-refractivity contribution in [1.82, 2.24) is 5.32 Å². The van der Waals surface area contributed by atoms with Gasteiger partial charge in [-0.15, -0.1) is 0 Å². The summed E-state index contributed by atoms with van der Waals surface area (Å²) in [5, 5.41) is 3.33. The van der Waals surface area contributed by atoms with E-state index in [-0.39, 0.29) is 12.4 Å². The Morgan fingerprint density at radius 1 is 1.27 bits per heavy atom. The molecule has 1 saturated heterocycles. The van der Waals surface area contributed by atoms with E-state index in [0.717, 1.165) is 31.7 Å². The lowest BCUT2D eigenvalue weighted by molar-refractivity contribution is -0.00000429. The molecule has 1 N–H and O–H groups in total. The first-order valence-corrected chi connectivity index (χ1v) is 5.28. The predicted molar refractivity (Wildman–Crippen MR) is 57.7 cm³/mol. The Labute approximate surface area is 97.4 Å². The highest BCUT2D eigenvalue weighted by Crippen LogP contribution is 2.17. The van der Waals surface area contributed by atoms with Gasteiger partial charge in [0.15, 0.2) is 0 Å². The van der Waals surface area contributed by atoms with Gasteiger partial charge in [0, 0.05) is 0 Å². The molecule has 1 aromatic carbocycles. The molecular formula is C12H17ClNO-. The Hall–Kier alpha value is -0.730. The van der Waals surface area contributed by atoms with Crippen molar-refractivity contribution < 1.29 is 17.1 Å². The molecule has 15 heavy (non-hydrogen) atoms. The third-order valence-electron chi connectivity index (χ3n) is 2.58. The fraction of sp³-hybridized carbons (Fsp3) is 0.500. The van der Waals surface area contributed by atoms with Crippen LogP contribution in [0.15, 0.2) is 24.3 Å². The average Bonchev–Trinajstić information content (AvgIpc) is 2.19. The van der Waals surface area contributed by atoms with E-state index in [2.05, 4.69) is 24.4 Å². The molecule has 0 aromatic heterocycles. The summed E-state index contributed by atoms with van der Waals surface area (Å²) < 4.78 is 5.90. The molecule has 1 aromatic rings. The van der Waals surface area contributed by atoms with Crippen molar-refractivity contribution in [3.05, 3.63) is 29.8 Å². The van der Waals surface area contributed by atoms with Gasteiger partial charge in [0.25, 0.3) is 0 Å². The fourth-order valence-electron chi connectivity index (χ4n) is 1.79. The Kier molecular flexibility index (Phi) is 4.92. The second-order valence-electron chi connectivity index (χ2n) is 3.88. The SMILES string of the molecule is Cc1cccc(OC2CCNCC2)c1.[Cl-]. The lowest BCUT2D eigenvalue weighted by Crippen LogP contribution is -3.00. The van der Waals surface area contributed by atoms with Crippen LogP contribution >= 0.6 is 0 Å². The maximum atomic E-state index is 5.90. The molecule has 1 fully saturated rings. The monoisotopic (exact) mass is 226 g/mol. The van der Waals surface area contributed by atoms with Crippen molar-refractivity contribution >= 4 is 0 Å². The van der Waals surface area contributed by atoms with E-state index in [1.165, 1.54) is 5.56 Å². The lowest BCUT2D eigenvalue weighted by Gasteiger charge is -2.23. The number of piperidine rings is 1. The van der Waals surface area contributed by atoms with Crippen LogP contribution in [0.4, 0.5) is 0 Å². The molecule has 1 aliphatic rings. The third-order valence-corrected chi connectivity index (χ3v) is 2.58. The summed E-state index contributed by atoms with van der Waals surface area (Å²) in [5.41, 5.74) is 1.26. The van der Waals surface area contributed by atoms with E-state index < -0.39 is 0 Å². The zero-order chi connectivity index (χ0) is 9.80. The van der Waals surface area contributed by atoms with Gasteiger partial charge >= 0.3 is 0 Å². The maximum absolute atomic E-state index is 5.90. The summed E-state index contributed by atoms with van der Waals surface area (Å²) in [6.07, 6.45) is 2.64. The van der Waals surface area contributed by atoms with Gasteiger partial charge in [-0.25, -0.2) is 0 Å². The number of aryl methyl sites for hydroxylation is 1. The quantitative estimate of drug-likeness (QED) is 0.708. The van der Waals surface area contributed by atoms with Crippen LogP contribution in [-0.2, 0) is 0 Å². The minimum atomic E-state index is 0. The number of hydrogen-bond acceptors (Lipinski definition) is 2. The molecule has 0 spiro atoms. The first kappa shape index (κ1) is 12.3. The van der Waals surface area contributed by atoms with Crippen molar-refractivity contribution in [3.8, 4) is 5.75 Å². The van der Waals surface area contributed by atoms with Crippen LogP contribution < -0.4 is 22.5 Å². The molecular weight excluding hydrogens is 210 g/mol. The zero-order valence-electron chi connectivity index (χ0n) is 9.00. The van der Waals surface area contributed by atoms with Crippen molar-refractivity contribution in [2.45, 2.75) is 25.9 Å². The standard InChI is InChI=1S/C12H17NO.ClH/c1-10-3-2-4-12(9-10)14-11-5-7-13-8-6-11;/h2-4,9,11,13H,5-8H2,1H3;1H/p-1. The highest BCUT2D eigenvalue weighted by atomic mass is 35.5. The summed E-state index contributed by atoms with van der Waals surface area (Å²) in [6.45, 7) is 4.25. The van der Waals surface area contributed by atoms with Crippen LogP contribution in [0.5, 0.6) is 5.75 Å². The summed E-state index contributed by atoms with van der Waals surface area (Å²) >= 11 is 0. The van der Waals surface area contributed by atoms with E-state index >= 15 is 0 Å². The van der Waals surface area contributed by atoms with Crippen LogP contribution in [0.1, 0.15) is 18.4 Å². The van der Waals surface area contributed by atoms with Crippen molar-refractivity contribution in [2.75, 3.05) is 13.1 Å². The smallest absolute Gasteiger partial charge is 0.119 e. The molecule has 0 bridgehead atoms. The number of hydrogen-bond donors (Lipinski definition) is 1. The summed E-state index contributed by atoms with van der Waals surface area (Å²) in [7, 11) is 0. The van der Waals surface area contributed by atoms with E-state index in [0.29, 0.717) is 6.10 Å². The number of nitrogens with one attached hydrogen (secondary N) is 1. The largest absolute Gasteiger partial charge is 1.00 e. The van der Waals surface area contributed by atoms with Gasteiger partial charge < -0.3 is 22.5 Å². The average molecular weight is 227 g/mol. The van der Waals surface area contributed by atoms with Gasteiger partial charge in [0.1, 0.15) is 11.9 Å². The van der Waals surface area contributed by atoms with Gasteiger partial charge in [-0.3, -0.25) is 0 Å². The van der Waals surface area contributed by atoms with Crippen LogP contribution in [0, 0.1) is 6.92 Å². The third kappa shape index (κ3) is 3.73. The Bertz CT molecular complexity index is 297. The second kappa shape index (κ2) is 5.99. The normalized spacial score (nSPS) is 16.9. The minimum Gasteiger partial charge on any atom is -1.00 e. The number of benzene rings is 1. The molecule has 0 radical (unpaired) electrons. The van der Waals surface area contributed by atoms with Crippen LogP contribution in [-0.4, -0.2) is 19.2 Å². The topological polar surface area (TPSA) is 21.3 Å². The molecule has 0 amide bonds. The number of ether oxygens (including phenoxy) is 1. The van der Waals surface area contributed by atoms with Gasteiger partial charge in [-0.1, -0.05) is 12.1 Å². The summed E-state index contributed by atoms with van der Waals surface area (Å²) in [4.78, 5) is 0. The second-order valence-corrected chi connectivity index (χ2v) is 3.88. The van der Waals surface area contributed by atoms with E-state index in [1.54, 1.807) is 0 Å². The molecule has 3 heteroatoms. The first-order chi connectivity index (χ1) is 6.84. The fourth-order valence-corrected chi connectivity index (χ4v) is 1.79. The Morgan fingerprint density at radius 2 is 2.00 bits per heavy atom. The molecule has 0 saturated carbocycles. The Balaban J connectivity index is 0.00000112. The lowest BCUT2D eigenvalue weighted by atomic mass is 10.1. The van der Waals surface area contributed by atoms with Gasteiger partial charge in [0.2, 0.25) is 0 Å². The number of rotatable bonds is 2. The molecule has 0 unspecified atom stereocenters. The van der Waals surface area contributed by atoms with Crippen molar-refractivity contribution in [3.63, 3.8) is 0 Å². The summed E-state index contributed by atoms with van der Waals surface area (Å²) in [5.74, 6) is 1.01. The van der Waals surface area contributed by atoms with Crippen LogP contribution in [0.25, 0.3) is 0 Å². The first-order valence-electron chi connectivity index (χ1n) is 5.28. The molecule has 84 valence electrons. The highest BCUT2D eigenvalue weighted by molar-refractivity contribution is 5.27. The van der Waals surface area contributed by atoms with E-state index in [4.69, 9.17) is 4.74 Å². The van der Waals surface area contributed by atoms with Crippen molar-refractivity contribution in [2.24, 2.45) is 0 Å². The molecule has 0 atom stereocenters. The van der Waals surface area contributed by atoms with E-state index in [1.807, 2.05) is 12.1 Å². The van der Waals surface area contributed by atoms with Crippen molar-refractivity contribution in [1.29, 1.82) is 0 Å². The molecule has 2 rings (SSSR count). The highest BCUT2D eigenvalue weighted by Gasteiger charge is 2.13. The minimum absolute atomic E-state index is 0. The van der Waals surface area contributed by atoms with Crippen LogP contribution in [0.2, 0.25) is 0 Å². The van der Waals surface area contributed by atoms with Gasteiger partial charge in [-0.2, -0.15) is 0 Å². The summed E-state index contributed by atoms with van der Waals surface area (Å²) in [6, 6.07) is 8.28. The molecule has 0 aliphatic carbocycles. The Morgan fingerprint density at radius 3 is 2.67 bits per heavy atom. The van der Waals surface area contributed by atoms with Gasteiger partial charge in [-0.05, 0) is 50.6 Å². The predicted octanol–water partition coefficient (Wildman–Crippen LogP) is -0.870. The molecule has 2 nitrogen and oxygen atoms in total. The molecule has 1 heterocycles. The van der Waals surface area contributed by atoms with Gasteiger partial charge in [0.05, 0.1) is 0 Å². The number of halogens is 1. The van der Waals surface area contributed by atoms with Crippen LogP contribution in [0.3, 0.4) is 0 Å². The molecule has 1 aliphatic heterocycles.